The van der Waals surface area contributed by atoms with E-state index < -0.39 is 5.41 Å². The van der Waals surface area contributed by atoms with Crippen LogP contribution in [-0.4, -0.2) is 25.0 Å². The van der Waals surface area contributed by atoms with Crippen LogP contribution in [0.4, 0.5) is 5.82 Å². The van der Waals surface area contributed by atoms with E-state index in [1.165, 1.54) is 0 Å². The van der Waals surface area contributed by atoms with E-state index in [4.69, 9.17) is 17.3 Å². The topological polar surface area (TPSA) is 86.7 Å². The predicted octanol–water partition coefficient (Wildman–Crippen LogP) is 2.92. The van der Waals surface area contributed by atoms with Gasteiger partial charge < -0.3 is 5.73 Å². The molecule has 1 fully saturated rings. The van der Waals surface area contributed by atoms with E-state index in [2.05, 4.69) is 15.1 Å². The molecular formula is C18H16ClN5O. The zero-order valence-corrected chi connectivity index (χ0v) is 14.4. The van der Waals surface area contributed by atoms with Gasteiger partial charge in [0.2, 0.25) is 5.24 Å². The van der Waals surface area contributed by atoms with Crippen LogP contribution in [0.1, 0.15) is 18.5 Å². The third kappa shape index (κ3) is 2.59. The van der Waals surface area contributed by atoms with Gasteiger partial charge in [-0.25, -0.2) is 0 Å². The Kier molecular flexibility index (Phi) is 3.58. The van der Waals surface area contributed by atoms with Gasteiger partial charge in [0, 0.05) is 30.6 Å². The number of pyridine rings is 2. The Hall–Kier alpha value is -2.73. The van der Waals surface area contributed by atoms with Crippen LogP contribution < -0.4 is 5.73 Å². The summed E-state index contributed by atoms with van der Waals surface area (Å²) >= 11 is 5.71. The van der Waals surface area contributed by atoms with Crippen LogP contribution in [0.5, 0.6) is 0 Å². The number of halogens is 1. The standard InChI is InChI=1S/C18H16ClN5O/c1-24-16(20)13(10-23-24)14-4-2-11(8-21-14)12-3-5-15(22-9-12)18(6-7-18)17(19)25/h2-5,8-10H,6-7,20H2,1H3. The second-order valence-corrected chi connectivity index (χ2v) is 6.63. The van der Waals surface area contributed by atoms with Crippen molar-refractivity contribution in [1.29, 1.82) is 0 Å². The zero-order chi connectivity index (χ0) is 17.6. The molecule has 0 saturated heterocycles. The van der Waals surface area contributed by atoms with Crippen molar-refractivity contribution in [3.63, 3.8) is 0 Å². The van der Waals surface area contributed by atoms with E-state index in [0.717, 1.165) is 40.9 Å². The van der Waals surface area contributed by atoms with Crippen molar-refractivity contribution < 1.29 is 4.79 Å². The third-order valence-corrected chi connectivity index (χ3v) is 5.10. The van der Waals surface area contributed by atoms with Crippen molar-refractivity contribution in [1.82, 2.24) is 19.7 Å². The average molecular weight is 354 g/mol. The number of carbonyl (C=O) groups is 1. The van der Waals surface area contributed by atoms with Crippen LogP contribution >= 0.6 is 11.6 Å². The molecule has 0 bridgehead atoms. The number of nitrogens with zero attached hydrogens (tertiary/aromatic N) is 4. The lowest BCUT2D eigenvalue weighted by atomic mass is 10.0. The fraction of sp³-hybridized carbons (Fsp3) is 0.222. The van der Waals surface area contributed by atoms with Gasteiger partial charge in [-0.05, 0) is 36.6 Å². The minimum Gasteiger partial charge on any atom is -0.383 e. The fourth-order valence-corrected chi connectivity index (χ4v) is 3.18. The highest BCUT2D eigenvalue weighted by atomic mass is 35.5. The molecule has 1 aliphatic carbocycles. The normalized spacial score (nSPS) is 15.1. The summed E-state index contributed by atoms with van der Waals surface area (Å²) in [6.45, 7) is 0. The van der Waals surface area contributed by atoms with Crippen LogP contribution in [0, 0.1) is 0 Å². The smallest absolute Gasteiger partial charge is 0.233 e. The third-order valence-electron chi connectivity index (χ3n) is 4.74. The van der Waals surface area contributed by atoms with Crippen molar-refractivity contribution in [3.8, 4) is 22.4 Å². The largest absolute Gasteiger partial charge is 0.383 e. The van der Waals surface area contributed by atoms with Crippen molar-refractivity contribution in [2.75, 3.05) is 5.73 Å². The van der Waals surface area contributed by atoms with Gasteiger partial charge in [-0.3, -0.25) is 19.4 Å². The van der Waals surface area contributed by atoms with Crippen LogP contribution in [-0.2, 0) is 17.3 Å². The van der Waals surface area contributed by atoms with Crippen molar-refractivity contribution in [2.24, 2.45) is 7.05 Å². The number of aromatic nitrogens is 4. The quantitative estimate of drug-likeness (QED) is 0.729. The Bertz CT molecular complexity index is 943. The first-order valence-corrected chi connectivity index (χ1v) is 8.30. The van der Waals surface area contributed by atoms with E-state index in [9.17, 15) is 4.79 Å². The summed E-state index contributed by atoms with van der Waals surface area (Å²) in [5.41, 5.74) is 9.59. The monoisotopic (exact) mass is 353 g/mol. The number of hydrogen-bond acceptors (Lipinski definition) is 5. The lowest BCUT2D eigenvalue weighted by Crippen LogP contribution is -2.16. The minimum absolute atomic E-state index is 0.326. The van der Waals surface area contributed by atoms with Gasteiger partial charge in [0.15, 0.2) is 0 Å². The highest BCUT2D eigenvalue weighted by Gasteiger charge is 2.51. The number of nitrogen functional groups attached to an aromatic ring is 1. The first kappa shape index (κ1) is 15.8. The molecule has 3 aromatic rings. The molecule has 0 spiro atoms. The molecule has 2 N–H and O–H groups in total. The number of rotatable bonds is 4. The number of hydrogen-bond donors (Lipinski definition) is 1. The number of anilines is 1. The van der Waals surface area contributed by atoms with Gasteiger partial charge >= 0.3 is 0 Å². The van der Waals surface area contributed by atoms with Crippen LogP contribution in [0.2, 0.25) is 0 Å². The maximum Gasteiger partial charge on any atom is 0.233 e. The molecular weight excluding hydrogens is 338 g/mol. The number of nitrogens with two attached hydrogens (primary N) is 1. The Labute approximate surface area is 149 Å². The molecule has 0 atom stereocenters. The van der Waals surface area contributed by atoms with Gasteiger partial charge in [0.25, 0.3) is 0 Å². The van der Waals surface area contributed by atoms with E-state index in [0.29, 0.717) is 5.82 Å². The lowest BCUT2D eigenvalue weighted by molar-refractivity contribution is -0.113. The second kappa shape index (κ2) is 5.67. The van der Waals surface area contributed by atoms with Gasteiger partial charge in [0.05, 0.1) is 28.6 Å². The molecule has 0 aliphatic heterocycles. The SMILES string of the molecule is Cn1ncc(-c2ccc(-c3ccc(C4(C(=O)Cl)CC4)nc3)cn2)c1N. The number of aryl methyl sites for hydroxylation is 1. The Balaban J connectivity index is 1.60. The Morgan fingerprint density at radius 1 is 1.12 bits per heavy atom. The molecule has 0 unspecified atom stereocenters. The van der Waals surface area contributed by atoms with Crippen LogP contribution in [0.25, 0.3) is 22.4 Å². The summed E-state index contributed by atoms with van der Waals surface area (Å²) in [6, 6.07) is 7.68. The maximum absolute atomic E-state index is 11.6. The van der Waals surface area contributed by atoms with Crippen LogP contribution in [0.3, 0.4) is 0 Å². The van der Waals surface area contributed by atoms with E-state index >= 15 is 0 Å². The molecule has 126 valence electrons. The highest BCUT2D eigenvalue weighted by Crippen LogP contribution is 2.49. The second-order valence-electron chi connectivity index (χ2n) is 6.29. The maximum atomic E-state index is 11.6. The molecule has 3 heterocycles. The molecule has 0 radical (unpaired) electrons. The van der Waals surface area contributed by atoms with Gasteiger partial charge in [0.1, 0.15) is 5.82 Å². The average Bonchev–Trinajstić information content (AvgIpc) is 3.38. The van der Waals surface area contributed by atoms with E-state index in [-0.39, 0.29) is 5.24 Å². The summed E-state index contributed by atoms with van der Waals surface area (Å²) in [5, 5.41) is 3.80. The zero-order valence-electron chi connectivity index (χ0n) is 13.6. The molecule has 4 rings (SSSR count). The molecule has 3 aromatic heterocycles. The fourth-order valence-electron chi connectivity index (χ4n) is 2.89. The highest BCUT2D eigenvalue weighted by molar-refractivity contribution is 6.66. The van der Waals surface area contributed by atoms with E-state index in [1.54, 1.807) is 30.3 Å². The molecule has 0 amide bonds. The molecule has 0 aromatic carbocycles. The summed E-state index contributed by atoms with van der Waals surface area (Å²) in [7, 11) is 1.79. The summed E-state index contributed by atoms with van der Waals surface area (Å²) in [4.78, 5) is 20.5. The van der Waals surface area contributed by atoms with Gasteiger partial charge in [-0.2, -0.15) is 5.10 Å². The molecule has 7 heteroatoms. The summed E-state index contributed by atoms with van der Waals surface area (Å²) in [6.07, 6.45) is 6.77. The van der Waals surface area contributed by atoms with E-state index in [1.807, 2.05) is 24.3 Å². The molecule has 6 nitrogen and oxygen atoms in total. The lowest BCUT2D eigenvalue weighted by Gasteiger charge is -2.10. The van der Waals surface area contributed by atoms with Gasteiger partial charge in [-0.1, -0.05) is 12.1 Å². The van der Waals surface area contributed by atoms with Gasteiger partial charge in [-0.15, -0.1) is 0 Å². The number of carbonyl (C=O) groups excluding carboxylic acids is 1. The molecule has 1 aliphatic rings. The Morgan fingerprint density at radius 2 is 1.80 bits per heavy atom. The summed E-state index contributed by atoms with van der Waals surface area (Å²) in [5.74, 6) is 0.576. The molecule has 25 heavy (non-hydrogen) atoms. The summed E-state index contributed by atoms with van der Waals surface area (Å²) < 4.78 is 1.61. The van der Waals surface area contributed by atoms with Crippen molar-refractivity contribution >= 4 is 22.7 Å². The first-order valence-electron chi connectivity index (χ1n) is 7.92. The predicted molar refractivity (Wildman–Crippen MR) is 95.9 cm³/mol. The minimum atomic E-state index is -0.569. The Morgan fingerprint density at radius 3 is 2.24 bits per heavy atom. The first-order chi connectivity index (χ1) is 12.0. The van der Waals surface area contributed by atoms with Crippen molar-refractivity contribution in [2.45, 2.75) is 18.3 Å². The van der Waals surface area contributed by atoms with Crippen LogP contribution in [0.15, 0.2) is 42.9 Å². The van der Waals surface area contributed by atoms with Crippen molar-refractivity contribution in [3.05, 3.63) is 48.5 Å². The molecule has 1 saturated carbocycles.